The van der Waals surface area contributed by atoms with Crippen molar-refractivity contribution in [2.24, 2.45) is 0 Å². The molecule has 1 aliphatic heterocycles. The lowest BCUT2D eigenvalue weighted by Crippen LogP contribution is -2.61. The first-order valence-electron chi connectivity index (χ1n) is 15.8. The molecule has 1 heterocycles. The van der Waals surface area contributed by atoms with Crippen molar-refractivity contribution < 1.29 is 42.9 Å². The minimum absolute atomic E-state index is 0.222. The van der Waals surface area contributed by atoms with Crippen molar-refractivity contribution in [2.75, 3.05) is 6.61 Å². The Labute approximate surface area is 293 Å². The number of hydrogen-bond donors (Lipinski definition) is 0. The molecular formula is C40H32O9S. The lowest BCUT2D eigenvalue weighted by atomic mass is 9.98. The summed E-state index contributed by atoms with van der Waals surface area (Å²) < 4.78 is 30.5. The van der Waals surface area contributed by atoms with E-state index in [2.05, 4.69) is 0 Å². The van der Waals surface area contributed by atoms with Crippen LogP contribution in [0.15, 0.2) is 157 Å². The molecule has 5 aromatic rings. The number of rotatable bonds is 11. The second-order valence-corrected chi connectivity index (χ2v) is 12.3. The Balaban J connectivity index is 1.41. The highest BCUT2D eigenvalue weighted by molar-refractivity contribution is 7.99. The van der Waals surface area contributed by atoms with Gasteiger partial charge in [0.1, 0.15) is 18.1 Å². The van der Waals surface area contributed by atoms with Gasteiger partial charge in [-0.1, -0.05) is 103 Å². The smallest absolute Gasteiger partial charge is 0.338 e. The van der Waals surface area contributed by atoms with Crippen LogP contribution >= 0.6 is 11.8 Å². The summed E-state index contributed by atoms with van der Waals surface area (Å²) in [6, 6.07) is 42.5. The van der Waals surface area contributed by atoms with E-state index < -0.39 is 53.7 Å². The molecule has 0 N–H and O–H groups in total. The number of hydrogen-bond acceptors (Lipinski definition) is 10. The molecule has 9 nitrogen and oxygen atoms in total. The van der Waals surface area contributed by atoms with E-state index >= 15 is 0 Å². The molecule has 5 atom stereocenters. The second kappa shape index (κ2) is 16.6. The highest BCUT2D eigenvalue weighted by atomic mass is 32.2. The highest BCUT2D eigenvalue weighted by Crippen LogP contribution is 2.38. The molecular weight excluding hydrogens is 656 g/mol. The summed E-state index contributed by atoms with van der Waals surface area (Å²) in [4.78, 5) is 54.7. The predicted molar refractivity (Wildman–Crippen MR) is 185 cm³/mol. The van der Waals surface area contributed by atoms with Gasteiger partial charge in [0, 0.05) is 4.90 Å². The van der Waals surface area contributed by atoms with Crippen molar-refractivity contribution in [3.8, 4) is 0 Å². The average Bonchev–Trinajstić information content (AvgIpc) is 3.17. The lowest BCUT2D eigenvalue weighted by Gasteiger charge is -2.44. The third kappa shape index (κ3) is 8.65. The summed E-state index contributed by atoms with van der Waals surface area (Å²) in [5.74, 6) is -2.84. The Bertz CT molecular complexity index is 1870. The minimum atomic E-state index is -1.40. The van der Waals surface area contributed by atoms with Gasteiger partial charge in [-0.2, -0.15) is 0 Å². The van der Waals surface area contributed by atoms with E-state index in [-0.39, 0.29) is 23.3 Å². The van der Waals surface area contributed by atoms with Gasteiger partial charge in [0.05, 0.1) is 22.3 Å². The third-order valence-corrected chi connectivity index (χ3v) is 8.89. The van der Waals surface area contributed by atoms with Gasteiger partial charge in [0.2, 0.25) is 0 Å². The van der Waals surface area contributed by atoms with E-state index in [1.807, 2.05) is 30.3 Å². The Kier molecular flexibility index (Phi) is 11.3. The Morgan fingerprint density at radius 1 is 0.460 bits per heavy atom. The summed E-state index contributed by atoms with van der Waals surface area (Å²) >= 11 is 1.22. The van der Waals surface area contributed by atoms with Crippen molar-refractivity contribution in [3.05, 3.63) is 174 Å². The quantitative estimate of drug-likeness (QED) is 0.106. The fourth-order valence-electron chi connectivity index (χ4n) is 5.26. The molecule has 1 saturated heterocycles. The van der Waals surface area contributed by atoms with E-state index in [0.29, 0.717) is 5.56 Å². The van der Waals surface area contributed by atoms with Gasteiger partial charge in [-0.25, -0.2) is 19.2 Å². The van der Waals surface area contributed by atoms with Crippen molar-refractivity contribution in [3.63, 3.8) is 0 Å². The van der Waals surface area contributed by atoms with Crippen LogP contribution in [0.5, 0.6) is 0 Å². The van der Waals surface area contributed by atoms with Gasteiger partial charge in [0.15, 0.2) is 18.3 Å². The predicted octanol–water partition coefficient (Wildman–Crippen LogP) is 7.04. The zero-order valence-electron chi connectivity index (χ0n) is 26.6. The Morgan fingerprint density at radius 2 is 0.820 bits per heavy atom. The summed E-state index contributed by atoms with van der Waals surface area (Å²) in [5.41, 5.74) is -0.0106. The van der Waals surface area contributed by atoms with Gasteiger partial charge in [0.25, 0.3) is 0 Å². The van der Waals surface area contributed by atoms with Gasteiger partial charge < -0.3 is 23.7 Å². The van der Waals surface area contributed by atoms with Crippen LogP contribution in [0.3, 0.4) is 0 Å². The zero-order valence-corrected chi connectivity index (χ0v) is 27.4. The Morgan fingerprint density at radius 3 is 1.26 bits per heavy atom. The molecule has 0 saturated carbocycles. The molecule has 0 aromatic heterocycles. The van der Waals surface area contributed by atoms with Crippen LogP contribution in [0.25, 0.3) is 0 Å². The normalized spacial score (nSPS) is 19.8. The van der Waals surface area contributed by atoms with Crippen LogP contribution in [0, 0.1) is 0 Å². The molecule has 10 heteroatoms. The average molecular weight is 689 g/mol. The van der Waals surface area contributed by atoms with E-state index in [1.54, 1.807) is 121 Å². The Hall–Kier alpha value is -5.71. The number of thioether (sulfide) groups is 1. The topological polar surface area (TPSA) is 114 Å². The van der Waals surface area contributed by atoms with Crippen molar-refractivity contribution in [2.45, 2.75) is 34.7 Å². The summed E-state index contributed by atoms with van der Waals surface area (Å²) in [6.45, 7) is -0.384. The molecule has 0 unspecified atom stereocenters. The zero-order chi connectivity index (χ0) is 34.7. The van der Waals surface area contributed by atoms with Crippen LogP contribution < -0.4 is 0 Å². The second-order valence-electron chi connectivity index (χ2n) is 11.1. The highest BCUT2D eigenvalue weighted by Gasteiger charge is 2.53. The van der Waals surface area contributed by atoms with Crippen LogP contribution in [0.4, 0.5) is 0 Å². The van der Waals surface area contributed by atoms with Gasteiger partial charge in [-0.15, -0.1) is 0 Å². The van der Waals surface area contributed by atoms with Crippen LogP contribution in [0.1, 0.15) is 41.4 Å². The van der Waals surface area contributed by atoms with Crippen LogP contribution in [-0.2, 0) is 23.7 Å². The molecule has 0 aliphatic carbocycles. The van der Waals surface area contributed by atoms with Crippen molar-refractivity contribution in [1.29, 1.82) is 0 Å². The molecule has 5 aromatic carbocycles. The molecule has 1 aliphatic rings. The van der Waals surface area contributed by atoms with E-state index in [9.17, 15) is 19.2 Å². The molecule has 0 amide bonds. The largest absolute Gasteiger partial charge is 0.459 e. The summed E-state index contributed by atoms with van der Waals surface area (Å²) in [7, 11) is 0. The summed E-state index contributed by atoms with van der Waals surface area (Å²) in [5, 5.41) is 0. The lowest BCUT2D eigenvalue weighted by molar-refractivity contribution is -0.207. The maximum atomic E-state index is 13.7. The van der Waals surface area contributed by atoms with Crippen molar-refractivity contribution >= 4 is 35.6 Å². The maximum Gasteiger partial charge on any atom is 0.338 e. The maximum absolute atomic E-state index is 13.7. The standard InChI is InChI=1S/C40H32O9S/c41-36(27-16-6-1-7-17-27)45-26-32-33(47-37(42)28-18-8-2-9-19-28)34(48-38(43)29-20-10-3-11-21-29)35(49-39(44)30-22-12-4-13-23-30)40(46-32)50-31-24-14-5-15-25-31/h1-25,32-35,40H,26H2/t32-,33-,34+,35-,40-/m1/s1. The van der Waals surface area contributed by atoms with Crippen LogP contribution in [-0.4, -0.2) is 60.3 Å². The number of carbonyl (C=O) groups is 4. The van der Waals surface area contributed by atoms with E-state index in [1.165, 1.54) is 11.8 Å². The number of benzene rings is 5. The number of carbonyl (C=O) groups excluding carboxylic acids is 4. The number of esters is 4. The molecule has 50 heavy (non-hydrogen) atoms. The van der Waals surface area contributed by atoms with Gasteiger partial charge in [-0.05, 0) is 60.7 Å². The first-order chi connectivity index (χ1) is 24.5. The van der Waals surface area contributed by atoms with E-state index in [4.69, 9.17) is 23.7 Å². The molecule has 6 rings (SSSR count). The summed E-state index contributed by atoms with van der Waals surface area (Å²) in [6.07, 6.45) is -5.24. The first-order valence-corrected chi connectivity index (χ1v) is 16.7. The number of ether oxygens (including phenoxy) is 5. The fraction of sp³-hybridized carbons (Fsp3) is 0.150. The monoisotopic (exact) mass is 688 g/mol. The first kappa shape index (κ1) is 34.2. The fourth-order valence-corrected chi connectivity index (χ4v) is 6.38. The van der Waals surface area contributed by atoms with Gasteiger partial charge in [-0.3, -0.25) is 0 Å². The van der Waals surface area contributed by atoms with E-state index in [0.717, 1.165) is 4.90 Å². The van der Waals surface area contributed by atoms with Crippen molar-refractivity contribution in [1.82, 2.24) is 0 Å². The van der Waals surface area contributed by atoms with Gasteiger partial charge >= 0.3 is 23.9 Å². The minimum Gasteiger partial charge on any atom is -0.459 e. The SMILES string of the molecule is O=C(OC[C@H]1O[C@H](Sc2ccccc2)[C@H](OC(=O)c2ccccc2)[C@@H](OC(=O)c2ccccc2)[C@@H]1OC(=O)c1ccccc1)c1ccccc1. The molecule has 0 radical (unpaired) electrons. The third-order valence-electron chi connectivity index (χ3n) is 7.73. The molecule has 0 spiro atoms. The molecule has 1 fully saturated rings. The van der Waals surface area contributed by atoms with Crippen LogP contribution in [0.2, 0.25) is 0 Å². The molecule has 0 bridgehead atoms. The molecule has 252 valence electrons.